The molecule has 1 unspecified atom stereocenters. The van der Waals surface area contributed by atoms with Crippen LogP contribution in [-0.2, 0) is 0 Å². The summed E-state index contributed by atoms with van der Waals surface area (Å²) >= 11 is 0. The number of nitrogen functional groups attached to an aromatic ring is 1. The fraction of sp³-hybridized carbons (Fsp3) is 0.250. The predicted molar refractivity (Wildman–Crippen MR) is 49.6 cm³/mol. The number of aliphatic hydroxyl groups is 1. The van der Waals surface area contributed by atoms with Crippen molar-refractivity contribution < 1.29 is 15.0 Å². The van der Waals surface area contributed by atoms with E-state index in [2.05, 4.69) is 4.98 Å². The summed E-state index contributed by atoms with van der Waals surface area (Å²) in [6.07, 6.45) is 1.35. The lowest BCUT2D eigenvalue weighted by Gasteiger charge is -2.09. The number of nitrogens with zero attached hydrogens (tertiary/aromatic N) is 1. The van der Waals surface area contributed by atoms with Crippen LogP contribution in [0, 0.1) is 0 Å². The van der Waals surface area contributed by atoms with Gasteiger partial charge in [-0.05, 0) is 11.6 Å². The third-order valence-electron chi connectivity index (χ3n) is 1.79. The maximum absolute atomic E-state index is 10.7. The lowest BCUT2D eigenvalue weighted by Crippen LogP contribution is -2.16. The van der Waals surface area contributed by atoms with Crippen LogP contribution in [0.5, 0.6) is 0 Å². The third-order valence-corrected chi connectivity index (χ3v) is 1.79. The molecule has 0 fully saturated rings. The summed E-state index contributed by atoms with van der Waals surface area (Å²) in [5, 5.41) is 17.5. The SMILES string of the molecule is Nc1ncc(C(N)CO)cc1C(=O)O. The summed E-state index contributed by atoms with van der Waals surface area (Å²) in [4.78, 5) is 14.3. The Bertz CT molecular complexity index is 354. The van der Waals surface area contributed by atoms with Crippen LogP contribution in [0.4, 0.5) is 5.82 Å². The Kier molecular flexibility index (Phi) is 3.00. The first-order valence-corrected chi connectivity index (χ1v) is 3.91. The molecule has 6 heteroatoms. The molecular weight excluding hydrogens is 186 g/mol. The Balaban J connectivity index is 3.12. The number of aromatic carboxylic acids is 1. The molecule has 0 aliphatic heterocycles. The van der Waals surface area contributed by atoms with E-state index in [1.54, 1.807) is 0 Å². The van der Waals surface area contributed by atoms with Crippen molar-refractivity contribution >= 4 is 11.8 Å². The largest absolute Gasteiger partial charge is 0.478 e. The lowest BCUT2D eigenvalue weighted by atomic mass is 10.1. The van der Waals surface area contributed by atoms with Gasteiger partial charge in [-0.2, -0.15) is 0 Å². The number of aromatic nitrogens is 1. The topological polar surface area (TPSA) is 122 Å². The first kappa shape index (κ1) is 10.4. The van der Waals surface area contributed by atoms with Crippen LogP contribution in [-0.4, -0.2) is 27.8 Å². The number of carboxylic acid groups (broad SMARTS) is 1. The maximum atomic E-state index is 10.7. The minimum absolute atomic E-state index is 0.0635. The van der Waals surface area contributed by atoms with Crippen molar-refractivity contribution in [3.05, 3.63) is 23.4 Å². The van der Waals surface area contributed by atoms with Gasteiger partial charge in [-0.25, -0.2) is 9.78 Å². The number of rotatable bonds is 3. The molecule has 0 aliphatic rings. The highest BCUT2D eigenvalue weighted by atomic mass is 16.4. The number of anilines is 1. The van der Waals surface area contributed by atoms with Crippen molar-refractivity contribution in [3.8, 4) is 0 Å². The van der Waals surface area contributed by atoms with E-state index in [-0.39, 0.29) is 18.0 Å². The molecular formula is C8H11N3O3. The molecule has 0 aliphatic carbocycles. The van der Waals surface area contributed by atoms with Crippen molar-refractivity contribution in [2.75, 3.05) is 12.3 Å². The predicted octanol–water partition coefficient (Wildman–Crippen LogP) is -0.646. The van der Waals surface area contributed by atoms with E-state index in [4.69, 9.17) is 21.7 Å². The molecule has 0 radical (unpaired) electrons. The van der Waals surface area contributed by atoms with Crippen LogP contribution in [0.25, 0.3) is 0 Å². The zero-order valence-corrected chi connectivity index (χ0v) is 7.34. The van der Waals surface area contributed by atoms with Crippen LogP contribution in [0.1, 0.15) is 22.0 Å². The Morgan fingerprint density at radius 2 is 2.29 bits per heavy atom. The van der Waals surface area contributed by atoms with Crippen LogP contribution in [0.2, 0.25) is 0 Å². The highest BCUT2D eigenvalue weighted by Crippen LogP contribution is 2.15. The number of hydrogen-bond acceptors (Lipinski definition) is 5. The van der Waals surface area contributed by atoms with Crippen molar-refractivity contribution in [2.24, 2.45) is 5.73 Å². The van der Waals surface area contributed by atoms with Gasteiger partial charge in [0.05, 0.1) is 12.6 Å². The summed E-state index contributed by atoms with van der Waals surface area (Å²) in [6, 6.07) is 0.673. The van der Waals surface area contributed by atoms with Crippen molar-refractivity contribution in [2.45, 2.75) is 6.04 Å². The smallest absolute Gasteiger partial charge is 0.339 e. The second kappa shape index (κ2) is 4.03. The Hall–Kier alpha value is -1.66. The second-order valence-corrected chi connectivity index (χ2v) is 2.80. The monoisotopic (exact) mass is 197 g/mol. The van der Waals surface area contributed by atoms with Crippen LogP contribution in [0.3, 0.4) is 0 Å². The number of carboxylic acids is 1. The fourth-order valence-electron chi connectivity index (χ4n) is 0.971. The molecule has 14 heavy (non-hydrogen) atoms. The van der Waals surface area contributed by atoms with E-state index >= 15 is 0 Å². The van der Waals surface area contributed by atoms with Gasteiger partial charge >= 0.3 is 5.97 Å². The van der Waals surface area contributed by atoms with Crippen LogP contribution in [0.15, 0.2) is 12.3 Å². The minimum atomic E-state index is -1.16. The van der Waals surface area contributed by atoms with E-state index in [0.29, 0.717) is 5.56 Å². The Labute approximate surface area is 80.2 Å². The molecule has 0 spiro atoms. The van der Waals surface area contributed by atoms with Crippen LogP contribution >= 0.6 is 0 Å². The molecule has 0 saturated heterocycles. The van der Waals surface area contributed by atoms with E-state index in [1.165, 1.54) is 12.3 Å². The van der Waals surface area contributed by atoms with Gasteiger partial charge in [0.2, 0.25) is 0 Å². The number of carbonyl (C=O) groups is 1. The second-order valence-electron chi connectivity index (χ2n) is 2.80. The standard InChI is InChI=1S/C8H11N3O3/c9-6(3-12)4-1-5(8(13)14)7(10)11-2-4/h1-2,6,12H,3,9H2,(H2,10,11)(H,13,14). The van der Waals surface area contributed by atoms with E-state index in [0.717, 1.165) is 0 Å². The molecule has 0 amide bonds. The summed E-state index contributed by atoms with van der Waals surface area (Å²) in [5.74, 6) is -1.23. The van der Waals surface area contributed by atoms with Gasteiger partial charge < -0.3 is 21.7 Å². The molecule has 0 aromatic carbocycles. The van der Waals surface area contributed by atoms with Gasteiger partial charge in [-0.15, -0.1) is 0 Å². The molecule has 6 nitrogen and oxygen atoms in total. The molecule has 1 rings (SSSR count). The summed E-state index contributed by atoms with van der Waals surface area (Å²) in [7, 11) is 0. The molecule has 0 bridgehead atoms. The van der Waals surface area contributed by atoms with Crippen molar-refractivity contribution in [3.63, 3.8) is 0 Å². The van der Waals surface area contributed by atoms with Crippen molar-refractivity contribution in [1.82, 2.24) is 4.98 Å². The molecule has 1 aromatic heterocycles. The molecule has 1 aromatic rings. The molecule has 0 saturated carbocycles. The number of hydrogen-bond donors (Lipinski definition) is 4. The maximum Gasteiger partial charge on any atom is 0.339 e. The Morgan fingerprint density at radius 3 is 2.79 bits per heavy atom. The summed E-state index contributed by atoms with van der Waals surface area (Å²) in [5.41, 5.74) is 11.2. The van der Waals surface area contributed by atoms with Crippen LogP contribution < -0.4 is 11.5 Å². The van der Waals surface area contributed by atoms with Gasteiger partial charge in [0.1, 0.15) is 11.4 Å². The minimum Gasteiger partial charge on any atom is -0.478 e. The summed E-state index contributed by atoms with van der Waals surface area (Å²) < 4.78 is 0. The average molecular weight is 197 g/mol. The number of aliphatic hydroxyl groups excluding tert-OH is 1. The molecule has 76 valence electrons. The van der Waals surface area contributed by atoms with Crippen molar-refractivity contribution in [1.29, 1.82) is 0 Å². The van der Waals surface area contributed by atoms with E-state index in [1.807, 2.05) is 0 Å². The highest BCUT2D eigenvalue weighted by molar-refractivity contribution is 5.92. The third kappa shape index (κ3) is 1.98. The van der Waals surface area contributed by atoms with E-state index < -0.39 is 12.0 Å². The lowest BCUT2D eigenvalue weighted by molar-refractivity contribution is 0.0697. The fourth-order valence-corrected chi connectivity index (χ4v) is 0.971. The quantitative estimate of drug-likeness (QED) is 0.511. The number of nitrogens with two attached hydrogens (primary N) is 2. The van der Waals surface area contributed by atoms with Gasteiger partial charge in [0.25, 0.3) is 0 Å². The zero-order valence-electron chi connectivity index (χ0n) is 7.34. The first-order chi connectivity index (χ1) is 6.56. The normalized spacial score (nSPS) is 12.4. The number of pyridine rings is 1. The first-order valence-electron chi connectivity index (χ1n) is 3.91. The van der Waals surface area contributed by atoms with Gasteiger partial charge in [-0.3, -0.25) is 0 Å². The summed E-state index contributed by atoms with van der Waals surface area (Å²) in [6.45, 7) is -0.273. The zero-order chi connectivity index (χ0) is 10.7. The van der Waals surface area contributed by atoms with Gasteiger partial charge in [0, 0.05) is 6.20 Å². The molecule has 1 heterocycles. The molecule has 1 atom stereocenters. The Morgan fingerprint density at radius 1 is 1.64 bits per heavy atom. The molecule has 6 N–H and O–H groups in total. The van der Waals surface area contributed by atoms with Gasteiger partial charge in [-0.1, -0.05) is 0 Å². The average Bonchev–Trinajstić information content (AvgIpc) is 2.17. The highest BCUT2D eigenvalue weighted by Gasteiger charge is 2.12. The van der Waals surface area contributed by atoms with Gasteiger partial charge in [0.15, 0.2) is 0 Å². The van der Waals surface area contributed by atoms with E-state index in [9.17, 15) is 4.79 Å².